The smallest absolute Gasteiger partial charge is 0.254 e. The lowest BCUT2D eigenvalue weighted by atomic mass is 10.0. The number of aromatic nitrogens is 1. The highest BCUT2D eigenvalue weighted by Crippen LogP contribution is 2.27. The molecule has 1 aromatic heterocycles. The molecule has 156 valence electrons. The third-order valence-electron chi connectivity index (χ3n) is 5.25. The van der Waals surface area contributed by atoms with Gasteiger partial charge in [-0.15, -0.1) is 0 Å². The molecule has 1 amide bonds. The molecule has 0 radical (unpaired) electrons. The third-order valence-corrected chi connectivity index (χ3v) is 6.54. The Labute approximate surface area is 184 Å². The van der Waals surface area contributed by atoms with Gasteiger partial charge in [-0.25, -0.2) is 18.1 Å². The molecule has 4 rings (SSSR count). The first-order chi connectivity index (χ1) is 14.3. The Kier molecular flexibility index (Phi) is 5.90. The first-order valence-electron chi connectivity index (χ1n) is 9.72. The number of rotatable bonds is 4. The van der Waals surface area contributed by atoms with Gasteiger partial charge in [0, 0.05) is 34.6 Å². The number of likely N-dealkylation sites (tertiary alicyclic amines) is 1. The molecule has 0 bridgehead atoms. The van der Waals surface area contributed by atoms with Crippen LogP contribution in [0, 0.1) is 0 Å². The summed E-state index contributed by atoms with van der Waals surface area (Å²) in [6.07, 6.45) is 2.36. The zero-order valence-electron chi connectivity index (χ0n) is 16.5. The molecule has 8 heteroatoms. The minimum Gasteiger partial charge on any atom is -0.339 e. The molecule has 1 fully saturated rings. The summed E-state index contributed by atoms with van der Waals surface area (Å²) in [7, 11) is -3.25. The first kappa shape index (κ1) is 21.0. The molecule has 2 aromatic carbocycles. The van der Waals surface area contributed by atoms with Gasteiger partial charge in [0.25, 0.3) is 5.91 Å². The van der Waals surface area contributed by atoms with Gasteiger partial charge in [-0.2, -0.15) is 0 Å². The van der Waals surface area contributed by atoms with Crippen LogP contribution in [-0.2, 0) is 10.0 Å². The molecule has 6 nitrogen and oxygen atoms in total. The lowest BCUT2D eigenvalue weighted by Crippen LogP contribution is -2.46. The number of hydrogen-bond donors (Lipinski definition) is 1. The number of benzene rings is 2. The van der Waals surface area contributed by atoms with Gasteiger partial charge in [0.15, 0.2) is 0 Å². The predicted molar refractivity (Wildman–Crippen MR) is 122 cm³/mol. The Bertz CT molecular complexity index is 1190. The van der Waals surface area contributed by atoms with Gasteiger partial charge in [0.2, 0.25) is 10.0 Å². The third kappa shape index (κ3) is 4.71. The monoisotopic (exact) mass is 487 g/mol. The van der Waals surface area contributed by atoms with Crippen LogP contribution in [0.5, 0.6) is 0 Å². The summed E-state index contributed by atoms with van der Waals surface area (Å²) in [6, 6.07) is 17.2. The number of amides is 1. The van der Waals surface area contributed by atoms with Crippen LogP contribution in [0.4, 0.5) is 0 Å². The highest BCUT2D eigenvalue weighted by Gasteiger charge is 2.26. The van der Waals surface area contributed by atoms with E-state index >= 15 is 0 Å². The molecule has 0 unspecified atom stereocenters. The molecule has 0 saturated carbocycles. The number of fused-ring (bicyclic) bond motifs is 1. The molecule has 0 spiro atoms. The SMILES string of the molecule is CS(=O)(=O)NC1CCN(C(=O)c2cc(-c3ccc(Br)cc3)nc3ccccc23)CC1. The molecule has 3 aromatic rings. The zero-order chi connectivity index (χ0) is 21.3. The maximum absolute atomic E-state index is 13.4. The Balaban J connectivity index is 1.64. The van der Waals surface area contributed by atoms with Crippen molar-refractivity contribution in [3.05, 3.63) is 64.6 Å². The van der Waals surface area contributed by atoms with Crippen molar-refractivity contribution in [3.8, 4) is 11.3 Å². The summed E-state index contributed by atoms with van der Waals surface area (Å²) >= 11 is 3.45. The summed E-state index contributed by atoms with van der Waals surface area (Å²) < 4.78 is 26.6. The van der Waals surface area contributed by atoms with Crippen molar-refractivity contribution in [2.45, 2.75) is 18.9 Å². The van der Waals surface area contributed by atoms with Gasteiger partial charge in [-0.05, 0) is 37.1 Å². The number of hydrogen-bond acceptors (Lipinski definition) is 4. The summed E-state index contributed by atoms with van der Waals surface area (Å²) in [4.78, 5) is 19.9. The fourth-order valence-electron chi connectivity index (χ4n) is 3.79. The number of sulfonamides is 1. The van der Waals surface area contributed by atoms with Gasteiger partial charge in [-0.3, -0.25) is 4.79 Å². The number of nitrogens with one attached hydrogen (secondary N) is 1. The van der Waals surface area contributed by atoms with Crippen molar-refractivity contribution >= 4 is 42.8 Å². The predicted octanol–water partition coefficient (Wildman–Crippen LogP) is 3.82. The largest absolute Gasteiger partial charge is 0.339 e. The van der Waals surface area contributed by atoms with Crippen LogP contribution in [0.25, 0.3) is 22.2 Å². The van der Waals surface area contributed by atoms with Gasteiger partial charge < -0.3 is 4.90 Å². The molecule has 1 saturated heterocycles. The number of carbonyl (C=O) groups is 1. The zero-order valence-corrected chi connectivity index (χ0v) is 18.9. The van der Waals surface area contributed by atoms with E-state index in [2.05, 4.69) is 20.7 Å². The second-order valence-electron chi connectivity index (χ2n) is 7.54. The van der Waals surface area contributed by atoms with E-state index in [-0.39, 0.29) is 11.9 Å². The van der Waals surface area contributed by atoms with E-state index in [4.69, 9.17) is 4.98 Å². The molecule has 30 heavy (non-hydrogen) atoms. The van der Waals surface area contributed by atoms with Crippen LogP contribution < -0.4 is 4.72 Å². The van der Waals surface area contributed by atoms with Crippen LogP contribution >= 0.6 is 15.9 Å². The van der Waals surface area contributed by atoms with Crippen LogP contribution in [0.15, 0.2) is 59.1 Å². The van der Waals surface area contributed by atoms with E-state index in [9.17, 15) is 13.2 Å². The number of carbonyl (C=O) groups excluding carboxylic acids is 1. The van der Waals surface area contributed by atoms with Crippen LogP contribution in [0.1, 0.15) is 23.2 Å². The summed E-state index contributed by atoms with van der Waals surface area (Å²) in [5, 5.41) is 0.819. The average molecular weight is 488 g/mol. The molecular weight excluding hydrogens is 466 g/mol. The number of piperidine rings is 1. The van der Waals surface area contributed by atoms with Crippen molar-refractivity contribution in [1.82, 2.24) is 14.6 Å². The normalized spacial score (nSPS) is 15.5. The molecule has 1 aliphatic rings. The van der Waals surface area contributed by atoms with Gasteiger partial charge in [0.1, 0.15) is 0 Å². The number of pyridine rings is 1. The summed E-state index contributed by atoms with van der Waals surface area (Å²) in [6.45, 7) is 1.02. The average Bonchev–Trinajstić information content (AvgIpc) is 2.72. The van der Waals surface area contributed by atoms with E-state index in [1.54, 1.807) is 4.90 Å². The molecule has 1 aliphatic heterocycles. The van der Waals surface area contributed by atoms with Crippen molar-refractivity contribution in [2.75, 3.05) is 19.3 Å². The highest BCUT2D eigenvalue weighted by molar-refractivity contribution is 9.10. The van der Waals surface area contributed by atoms with Crippen LogP contribution in [0.3, 0.4) is 0 Å². The second kappa shape index (κ2) is 8.45. The maximum atomic E-state index is 13.4. The van der Waals surface area contributed by atoms with Crippen LogP contribution in [-0.4, -0.2) is 49.6 Å². The van der Waals surface area contributed by atoms with Crippen molar-refractivity contribution in [1.29, 1.82) is 0 Å². The van der Waals surface area contributed by atoms with Gasteiger partial charge in [-0.1, -0.05) is 46.3 Å². The Hall–Kier alpha value is -2.29. The van der Waals surface area contributed by atoms with Gasteiger partial charge >= 0.3 is 0 Å². The summed E-state index contributed by atoms with van der Waals surface area (Å²) in [5.41, 5.74) is 3.08. The van der Waals surface area contributed by atoms with Crippen molar-refractivity contribution < 1.29 is 13.2 Å². The van der Waals surface area contributed by atoms with Crippen molar-refractivity contribution in [3.63, 3.8) is 0 Å². The molecule has 0 atom stereocenters. The molecule has 0 aliphatic carbocycles. The maximum Gasteiger partial charge on any atom is 0.254 e. The first-order valence-corrected chi connectivity index (χ1v) is 12.4. The minimum absolute atomic E-state index is 0.0511. The second-order valence-corrected chi connectivity index (χ2v) is 10.2. The molecule has 1 N–H and O–H groups in total. The fourth-order valence-corrected chi connectivity index (χ4v) is 4.90. The Morgan fingerprint density at radius 1 is 1.10 bits per heavy atom. The Morgan fingerprint density at radius 2 is 1.77 bits per heavy atom. The fraction of sp³-hybridized carbons (Fsp3) is 0.273. The summed E-state index contributed by atoms with van der Waals surface area (Å²) in [5.74, 6) is -0.0511. The quantitative estimate of drug-likeness (QED) is 0.606. The van der Waals surface area contributed by atoms with E-state index < -0.39 is 10.0 Å². The van der Waals surface area contributed by atoms with E-state index in [0.29, 0.717) is 31.5 Å². The lowest BCUT2D eigenvalue weighted by Gasteiger charge is -2.32. The molecular formula is C22H22BrN3O3S. The number of nitrogens with zero attached hydrogens (tertiary/aromatic N) is 2. The Morgan fingerprint density at radius 3 is 2.43 bits per heavy atom. The van der Waals surface area contributed by atoms with Crippen LogP contribution in [0.2, 0.25) is 0 Å². The minimum atomic E-state index is -3.25. The van der Waals surface area contributed by atoms with Crippen molar-refractivity contribution in [2.24, 2.45) is 0 Å². The van der Waals surface area contributed by atoms with E-state index in [1.165, 1.54) is 0 Å². The molecule has 2 heterocycles. The van der Waals surface area contributed by atoms with E-state index in [0.717, 1.165) is 32.9 Å². The highest BCUT2D eigenvalue weighted by atomic mass is 79.9. The lowest BCUT2D eigenvalue weighted by molar-refractivity contribution is 0.0713. The number of para-hydroxylation sites is 1. The number of halogens is 1. The van der Waals surface area contributed by atoms with Gasteiger partial charge in [0.05, 0.1) is 23.0 Å². The van der Waals surface area contributed by atoms with E-state index in [1.807, 2.05) is 54.6 Å². The topological polar surface area (TPSA) is 79.4 Å². The standard InChI is InChI=1S/C22H22BrN3O3S/c1-30(28,29)25-17-10-12-26(13-11-17)22(27)19-14-21(15-6-8-16(23)9-7-15)24-20-5-3-2-4-18(19)20/h2-9,14,17,25H,10-13H2,1H3.